The van der Waals surface area contributed by atoms with Crippen LogP contribution in [0.1, 0.15) is 23.6 Å². The fourth-order valence-corrected chi connectivity index (χ4v) is 6.66. The Kier molecular flexibility index (Phi) is 7.67. The Balaban J connectivity index is 1.69. The molecular formula is C34H27FN4O4S. The Bertz CT molecular complexity index is 1960. The number of anilines is 1. The lowest BCUT2D eigenvalue weighted by Crippen LogP contribution is -2.38. The summed E-state index contributed by atoms with van der Waals surface area (Å²) < 4.78 is 48.0. The van der Waals surface area contributed by atoms with E-state index in [0.717, 1.165) is 22.8 Å². The number of fused-ring (bicyclic) bond motifs is 1. The van der Waals surface area contributed by atoms with Crippen LogP contribution in [0.3, 0.4) is 0 Å². The van der Waals surface area contributed by atoms with Crippen molar-refractivity contribution in [2.75, 3.05) is 11.9 Å². The van der Waals surface area contributed by atoms with E-state index in [9.17, 15) is 17.6 Å². The minimum absolute atomic E-state index is 0.0504. The Morgan fingerprint density at radius 2 is 1.39 bits per heavy atom. The van der Waals surface area contributed by atoms with Gasteiger partial charge in [-0.15, -0.1) is 0 Å². The van der Waals surface area contributed by atoms with Crippen LogP contribution in [0.2, 0.25) is 0 Å². The van der Waals surface area contributed by atoms with Gasteiger partial charge in [0.05, 0.1) is 21.8 Å². The summed E-state index contributed by atoms with van der Waals surface area (Å²) in [4.78, 5) is 16.9. The molecule has 10 heteroatoms. The predicted octanol–water partition coefficient (Wildman–Crippen LogP) is 6.81. The van der Waals surface area contributed by atoms with E-state index in [4.69, 9.17) is 9.84 Å². The van der Waals surface area contributed by atoms with Crippen LogP contribution in [0.4, 0.5) is 15.0 Å². The molecule has 0 bridgehead atoms. The largest absolute Gasteiger partial charge is 0.450 e. The zero-order chi connectivity index (χ0) is 30.7. The Morgan fingerprint density at radius 3 is 1.91 bits per heavy atom. The number of hydrogen-bond acceptors (Lipinski definition) is 6. The van der Waals surface area contributed by atoms with Crippen LogP contribution in [-0.2, 0) is 20.1 Å². The number of amides is 1. The van der Waals surface area contributed by atoms with E-state index in [1.807, 2.05) is 91.0 Å². The maximum atomic E-state index is 14.0. The second-order valence-electron chi connectivity index (χ2n) is 9.92. The summed E-state index contributed by atoms with van der Waals surface area (Å²) in [5, 5.41) is 7.84. The molecule has 4 aromatic carbocycles. The fraction of sp³-hybridized carbons (Fsp3) is 0.0882. The average Bonchev–Trinajstić information content (AvgIpc) is 3.40. The number of hydrogen-bond donors (Lipinski definition) is 1. The molecule has 0 radical (unpaired) electrons. The summed E-state index contributed by atoms with van der Waals surface area (Å²) in [6.45, 7) is 1.79. The van der Waals surface area contributed by atoms with Crippen molar-refractivity contribution in [3.8, 4) is 0 Å². The highest BCUT2D eigenvalue weighted by Gasteiger charge is 2.41. The van der Waals surface area contributed by atoms with Crippen LogP contribution < -0.4 is 5.32 Å². The van der Waals surface area contributed by atoms with E-state index in [0.29, 0.717) is 5.65 Å². The lowest BCUT2D eigenvalue weighted by molar-refractivity contribution is 0.168. The summed E-state index contributed by atoms with van der Waals surface area (Å²) in [5.41, 5.74) is 1.74. The molecule has 0 aliphatic rings. The van der Waals surface area contributed by atoms with Gasteiger partial charge in [0, 0.05) is 6.20 Å². The van der Waals surface area contributed by atoms with E-state index in [1.54, 1.807) is 11.6 Å². The van der Waals surface area contributed by atoms with E-state index in [2.05, 4.69) is 10.3 Å². The first kappa shape index (κ1) is 28.8. The van der Waals surface area contributed by atoms with Gasteiger partial charge in [-0.1, -0.05) is 97.1 Å². The van der Waals surface area contributed by atoms with Gasteiger partial charge in [-0.2, -0.15) is 5.10 Å². The van der Waals surface area contributed by atoms with Crippen LogP contribution in [0.5, 0.6) is 0 Å². The smallest absolute Gasteiger partial charge is 0.412 e. The maximum absolute atomic E-state index is 14.0. The molecule has 2 heterocycles. The topological polar surface area (TPSA) is 103 Å². The van der Waals surface area contributed by atoms with E-state index in [1.165, 1.54) is 30.5 Å². The summed E-state index contributed by atoms with van der Waals surface area (Å²) >= 11 is 0. The number of ether oxygens (including phenoxy) is 1. The van der Waals surface area contributed by atoms with Crippen molar-refractivity contribution in [1.82, 2.24) is 14.8 Å². The Hall–Kier alpha value is -5.35. The number of nitrogens with zero attached hydrogens (tertiary/aromatic N) is 3. The van der Waals surface area contributed by atoms with Gasteiger partial charge in [0.15, 0.2) is 11.5 Å². The van der Waals surface area contributed by atoms with Gasteiger partial charge in [0.2, 0.25) is 9.84 Å². The van der Waals surface area contributed by atoms with Crippen molar-refractivity contribution in [1.29, 1.82) is 0 Å². The molecule has 0 saturated heterocycles. The minimum atomic E-state index is -4.17. The average molecular weight is 607 g/mol. The van der Waals surface area contributed by atoms with Crippen LogP contribution >= 0.6 is 0 Å². The molecule has 0 aliphatic heterocycles. The lowest BCUT2D eigenvalue weighted by atomic mass is 9.77. The molecule has 2 aromatic heterocycles. The van der Waals surface area contributed by atoms with Gasteiger partial charge in [0.25, 0.3) is 0 Å². The number of rotatable bonds is 8. The summed E-state index contributed by atoms with van der Waals surface area (Å²) in [6, 6.07) is 35.4. The third-order valence-electron chi connectivity index (χ3n) is 7.30. The van der Waals surface area contributed by atoms with Gasteiger partial charge in [0.1, 0.15) is 11.4 Å². The zero-order valence-corrected chi connectivity index (χ0v) is 24.4. The van der Waals surface area contributed by atoms with E-state index < -0.39 is 27.3 Å². The van der Waals surface area contributed by atoms with Gasteiger partial charge < -0.3 is 4.74 Å². The molecule has 44 heavy (non-hydrogen) atoms. The number of benzene rings is 4. The van der Waals surface area contributed by atoms with Crippen molar-refractivity contribution in [2.24, 2.45) is 0 Å². The number of halogens is 1. The highest BCUT2D eigenvalue weighted by Crippen LogP contribution is 2.43. The summed E-state index contributed by atoms with van der Waals surface area (Å²) in [5.74, 6) is -0.634. The normalized spacial score (nSPS) is 11.8. The highest BCUT2D eigenvalue weighted by molar-refractivity contribution is 7.91. The molecule has 0 spiro atoms. The number of carbonyl (C=O) groups is 1. The number of nitrogens with one attached hydrogen (secondary N) is 1. The molecule has 0 atom stereocenters. The second-order valence-corrected chi connectivity index (χ2v) is 11.9. The molecule has 0 unspecified atom stereocenters. The SMILES string of the molecule is CCOC(=O)Nc1nn(C(c2ccccc2)(c2ccccc2)c2ccccc2)c2ncc(S(=O)(=O)c3cccc(F)c3)cc12. The van der Waals surface area contributed by atoms with Crippen molar-refractivity contribution >= 4 is 32.8 Å². The summed E-state index contributed by atoms with van der Waals surface area (Å²) in [7, 11) is -4.17. The van der Waals surface area contributed by atoms with Crippen molar-refractivity contribution < 1.29 is 22.3 Å². The predicted molar refractivity (Wildman–Crippen MR) is 165 cm³/mol. The van der Waals surface area contributed by atoms with Crippen LogP contribution in [0.15, 0.2) is 137 Å². The summed E-state index contributed by atoms with van der Waals surface area (Å²) in [6.07, 6.45) is 0.461. The quantitative estimate of drug-likeness (QED) is 0.191. The number of sulfone groups is 1. The molecule has 6 rings (SSSR count). The van der Waals surface area contributed by atoms with Crippen LogP contribution in [0.25, 0.3) is 11.0 Å². The van der Waals surface area contributed by atoms with Gasteiger partial charge in [-0.25, -0.2) is 27.3 Å². The number of carbonyl (C=O) groups excluding carboxylic acids is 1. The third kappa shape index (κ3) is 4.99. The standard InChI is InChI=1S/C34H27FN4O4S/c1-2-43-33(40)37-31-30-22-29(44(41,42)28-20-12-19-27(35)21-28)23-36-32(30)39(38-31)34(24-13-6-3-7-14-24,25-15-8-4-9-16-25)26-17-10-5-11-18-26/h3-23H,2H2,1H3,(H,37,38,40). The van der Waals surface area contributed by atoms with Crippen molar-refractivity contribution in [3.63, 3.8) is 0 Å². The molecule has 1 N–H and O–H groups in total. The van der Waals surface area contributed by atoms with Crippen LogP contribution in [0, 0.1) is 5.82 Å². The van der Waals surface area contributed by atoms with Crippen molar-refractivity contribution in [3.05, 3.63) is 150 Å². The Labute approximate surface area is 253 Å². The molecule has 6 aromatic rings. The maximum Gasteiger partial charge on any atom is 0.412 e. The number of aromatic nitrogens is 3. The van der Waals surface area contributed by atoms with Gasteiger partial charge >= 0.3 is 6.09 Å². The molecule has 0 aliphatic carbocycles. The third-order valence-corrected chi connectivity index (χ3v) is 9.02. The zero-order valence-electron chi connectivity index (χ0n) is 23.6. The minimum Gasteiger partial charge on any atom is -0.450 e. The molecule has 0 saturated carbocycles. The molecule has 0 fully saturated rings. The monoisotopic (exact) mass is 606 g/mol. The first-order chi connectivity index (χ1) is 21.4. The first-order valence-electron chi connectivity index (χ1n) is 13.9. The number of pyridine rings is 1. The second kappa shape index (κ2) is 11.7. The van der Waals surface area contributed by atoms with E-state index >= 15 is 0 Å². The molecule has 8 nitrogen and oxygen atoms in total. The van der Waals surface area contributed by atoms with Gasteiger partial charge in [-0.3, -0.25) is 5.32 Å². The van der Waals surface area contributed by atoms with Crippen molar-refractivity contribution in [2.45, 2.75) is 22.3 Å². The fourth-order valence-electron chi connectivity index (χ4n) is 5.39. The Morgan fingerprint density at radius 1 is 0.818 bits per heavy atom. The highest BCUT2D eigenvalue weighted by atomic mass is 32.2. The molecular weight excluding hydrogens is 579 g/mol. The van der Waals surface area contributed by atoms with Gasteiger partial charge in [-0.05, 0) is 47.9 Å². The first-order valence-corrected chi connectivity index (χ1v) is 15.3. The lowest BCUT2D eigenvalue weighted by Gasteiger charge is -2.36. The molecule has 220 valence electrons. The van der Waals surface area contributed by atoms with Crippen LogP contribution in [-0.4, -0.2) is 35.9 Å². The van der Waals surface area contributed by atoms with E-state index in [-0.39, 0.29) is 27.6 Å². The molecule has 1 amide bonds.